The summed E-state index contributed by atoms with van der Waals surface area (Å²) in [5, 5.41) is 25.6. The van der Waals surface area contributed by atoms with Crippen molar-refractivity contribution < 1.29 is 23.9 Å². The molecule has 2 atom stereocenters. The molecule has 0 radical (unpaired) electrons. The molecule has 0 saturated carbocycles. The van der Waals surface area contributed by atoms with Crippen LogP contribution < -0.4 is 15.5 Å². The molecule has 220 valence electrons. The van der Waals surface area contributed by atoms with Gasteiger partial charge in [0.1, 0.15) is 11.9 Å². The van der Waals surface area contributed by atoms with Gasteiger partial charge >= 0.3 is 0 Å². The number of benzene rings is 3. The number of halogens is 1. The minimum atomic E-state index is -1.30. The van der Waals surface area contributed by atoms with Crippen molar-refractivity contribution in [2.75, 3.05) is 36.4 Å². The molecule has 3 aliphatic rings. The number of carbonyl (C=O) groups is 3. The van der Waals surface area contributed by atoms with E-state index in [1.165, 1.54) is 6.07 Å². The molecule has 3 aliphatic heterocycles. The van der Waals surface area contributed by atoms with Gasteiger partial charge in [0.25, 0.3) is 5.91 Å². The van der Waals surface area contributed by atoms with E-state index in [1.807, 2.05) is 23.1 Å². The standard InChI is InChI=1S/C32H31FN6O4/c33-24-16-22(17-34)8-9-26(24)38-14-12-37(13-15-38)19-21-6-4-20(5-7-21)18-35-25-3-1-2-23-29(25)32(43)39(31(23)42)27-10-11-28(40)36-30(27)41/h1-9,16,27,32,35,43H,10-15,18-19H2,(H,36,40,41). The van der Waals surface area contributed by atoms with E-state index in [0.717, 1.165) is 35.7 Å². The van der Waals surface area contributed by atoms with Gasteiger partial charge in [0.05, 0.1) is 17.3 Å². The fraction of sp³-hybridized carbons (Fsp3) is 0.312. The number of hydrogen-bond donors (Lipinski definition) is 3. The normalized spacial score (nSPS) is 20.5. The van der Waals surface area contributed by atoms with Crippen molar-refractivity contribution >= 4 is 29.1 Å². The Hall–Kier alpha value is -4.79. The Morgan fingerprint density at radius 2 is 1.74 bits per heavy atom. The number of fused-ring (bicyclic) bond motifs is 1. The molecule has 6 rings (SSSR count). The maximum absolute atomic E-state index is 14.4. The Bertz CT molecular complexity index is 1610. The van der Waals surface area contributed by atoms with Gasteiger partial charge in [-0.3, -0.25) is 29.5 Å². The van der Waals surface area contributed by atoms with E-state index in [9.17, 15) is 23.9 Å². The number of nitrogens with one attached hydrogen (secondary N) is 2. The zero-order valence-corrected chi connectivity index (χ0v) is 23.4. The Labute approximate surface area is 248 Å². The van der Waals surface area contributed by atoms with Crippen LogP contribution >= 0.6 is 0 Å². The first-order chi connectivity index (χ1) is 20.8. The molecule has 0 bridgehead atoms. The molecule has 3 heterocycles. The van der Waals surface area contributed by atoms with Gasteiger partial charge in [-0.05, 0) is 47.9 Å². The molecule has 0 spiro atoms. The third kappa shape index (κ3) is 5.67. The van der Waals surface area contributed by atoms with Crippen molar-refractivity contribution in [2.45, 2.75) is 38.2 Å². The minimum Gasteiger partial charge on any atom is -0.381 e. The van der Waals surface area contributed by atoms with Gasteiger partial charge in [-0.1, -0.05) is 30.3 Å². The minimum absolute atomic E-state index is 0.110. The highest BCUT2D eigenvalue weighted by atomic mass is 19.1. The van der Waals surface area contributed by atoms with Crippen LogP contribution in [0.2, 0.25) is 0 Å². The number of nitriles is 1. The van der Waals surface area contributed by atoms with E-state index in [2.05, 4.69) is 27.7 Å². The topological polar surface area (TPSA) is 129 Å². The summed E-state index contributed by atoms with van der Waals surface area (Å²) < 4.78 is 14.4. The number of nitrogens with zero attached hydrogens (tertiary/aromatic N) is 4. The molecule has 10 nitrogen and oxygen atoms in total. The predicted octanol–water partition coefficient (Wildman–Crippen LogP) is 2.88. The van der Waals surface area contributed by atoms with E-state index >= 15 is 0 Å². The molecule has 2 unspecified atom stereocenters. The van der Waals surface area contributed by atoms with E-state index in [4.69, 9.17) is 5.26 Å². The van der Waals surface area contributed by atoms with Crippen LogP contribution in [0.1, 0.15) is 51.7 Å². The van der Waals surface area contributed by atoms with Crippen LogP contribution in [-0.2, 0) is 22.7 Å². The second-order valence-corrected chi connectivity index (χ2v) is 11.0. The van der Waals surface area contributed by atoms with Crippen LogP contribution in [0.5, 0.6) is 0 Å². The number of aliphatic hydroxyl groups is 1. The molecule has 43 heavy (non-hydrogen) atoms. The molecule has 3 N–H and O–H groups in total. The Morgan fingerprint density at radius 3 is 2.44 bits per heavy atom. The van der Waals surface area contributed by atoms with Crippen LogP contribution in [0.4, 0.5) is 15.8 Å². The number of aliphatic hydroxyl groups excluding tert-OH is 1. The molecule has 11 heteroatoms. The number of imide groups is 1. The second kappa shape index (κ2) is 11.8. The monoisotopic (exact) mass is 582 g/mol. The number of hydrogen-bond acceptors (Lipinski definition) is 8. The maximum Gasteiger partial charge on any atom is 0.257 e. The largest absolute Gasteiger partial charge is 0.381 e. The summed E-state index contributed by atoms with van der Waals surface area (Å²) >= 11 is 0. The zero-order chi connectivity index (χ0) is 30.1. The quantitative estimate of drug-likeness (QED) is 0.363. The van der Waals surface area contributed by atoms with Crippen LogP contribution in [-0.4, -0.2) is 64.8 Å². The summed E-state index contributed by atoms with van der Waals surface area (Å²) in [6, 6.07) is 19.0. The Kier molecular flexibility index (Phi) is 7.80. The van der Waals surface area contributed by atoms with Crippen molar-refractivity contribution in [3.63, 3.8) is 0 Å². The van der Waals surface area contributed by atoms with Gasteiger partial charge in [-0.2, -0.15) is 5.26 Å². The summed E-state index contributed by atoms with van der Waals surface area (Å²) in [6.45, 7) is 4.21. The van der Waals surface area contributed by atoms with Crippen molar-refractivity contribution in [1.82, 2.24) is 15.1 Å². The molecule has 3 amide bonds. The van der Waals surface area contributed by atoms with Crippen LogP contribution in [0.15, 0.2) is 60.7 Å². The molecule has 2 saturated heterocycles. The van der Waals surface area contributed by atoms with Crippen LogP contribution in [0.3, 0.4) is 0 Å². The van der Waals surface area contributed by atoms with Gasteiger partial charge in [0.2, 0.25) is 11.8 Å². The first-order valence-corrected chi connectivity index (χ1v) is 14.3. The van der Waals surface area contributed by atoms with E-state index < -0.39 is 24.1 Å². The molecular weight excluding hydrogens is 551 g/mol. The lowest BCUT2D eigenvalue weighted by Gasteiger charge is -2.36. The van der Waals surface area contributed by atoms with Crippen molar-refractivity contribution in [3.8, 4) is 6.07 Å². The fourth-order valence-electron chi connectivity index (χ4n) is 6.03. The van der Waals surface area contributed by atoms with E-state index in [0.29, 0.717) is 47.7 Å². The summed E-state index contributed by atoms with van der Waals surface area (Å²) in [5.41, 5.74) is 4.38. The third-order valence-electron chi connectivity index (χ3n) is 8.34. The molecule has 2 fully saturated rings. The number of piperazine rings is 1. The highest BCUT2D eigenvalue weighted by Crippen LogP contribution is 2.39. The smallest absolute Gasteiger partial charge is 0.257 e. The highest BCUT2D eigenvalue weighted by Gasteiger charge is 2.45. The molecule has 3 aromatic carbocycles. The summed E-state index contributed by atoms with van der Waals surface area (Å²) in [6.07, 6.45) is -1.02. The van der Waals surface area contributed by atoms with Gasteiger partial charge in [-0.25, -0.2) is 4.39 Å². The number of rotatable bonds is 7. The summed E-state index contributed by atoms with van der Waals surface area (Å²) in [4.78, 5) is 42.6. The lowest BCUT2D eigenvalue weighted by Crippen LogP contribution is -2.53. The number of anilines is 2. The van der Waals surface area contributed by atoms with E-state index in [-0.39, 0.29) is 24.6 Å². The second-order valence-electron chi connectivity index (χ2n) is 11.0. The Morgan fingerprint density at radius 1 is 1.00 bits per heavy atom. The summed E-state index contributed by atoms with van der Waals surface area (Å²) in [5.74, 6) is -1.77. The van der Waals surface area contributed by atoms with Crippen molar-refractivity contribution in [2.24, 2.45) is 0 Å². The van der Waals surface area contributed by atoms with Crippen molar-refractivity contribution in [3.05, 3.63) is 94.3 Å². The lowest BCUT2D eigenvalue weighted by molar-refractivity contribution is -0.139. The van der Waals surface area contributed by atoms with Gasteiger partial charge in [0.15, 0.2) is 6.23 Å². The third-order valence-corrected chi connectivity index (χ3v) is 8.34. The number of amides is 3. The van der Waals surface area contributed by atoms with Crippen LogP contribution in [0.25, 0.3) is 0 Å². The first kappa shape index (κ1) is 28.3. The Balaban J connectivity index is 1.04. The number of carbonyl (C=O) groups excluding carboxylic acids is 3. The maximum atomic E-state index is 14.4. The molecule has 3 aromatic rings. The lowest BCUT2D eigenvalue weighted by atomic mass is 10.0. The van der Waals surface area contributed by atoms with Crippen molar-refractivity contribution in [1.29, 1.82) is 5.26 Å². The zero-order valence-electron chi connectivity index (χ0n) is 23.4. The van der Waals surface area contributed by atoms with E-state index in [1.54, 1.807) is 30.3 Å². The predicted molar refractivity (Wildman–Crippen MR) is 156 cm³/mol. The number of piperidine rings is 1. The average Bonchev–Trinajstić information content (AvgIpc) is 3.27. The highest BCUT2D eigenvalue weighted by molar-refractivity contribution is 6.06. The van der Waals surface area contributed by atoms with Gasteiger partial charge in [-0.15, -0.1) is 0 Å². The van der Waals surface area contributed by atoms with Gasteiger partial charge in [0, 0.05) is 62.5 Å². The fourth-order valence-corrected chi connectivity index (χ4v) is 6.03. The molecule has 0 aliphatic carbocycles. The first-order valence-electron chi connectivity index (χ1n) is 14.3. The SMILES string of the molecule is N#Cc1ccc(N2CCN(Cc3ccc(CNc4cccc5c4C(O)N(C4CCC(=O)NC4=O)C5=O)cc3)CC2)c(F)c1. The van der Waals surface area contributed by atoms with Crippen LogP contribution in [0, 0.1) is 17.1 Å². The summed E-state index contributed by atoms with van der Waals surface area (Å²) in [7, 11) is 0. The van der Waals surface area contributed by atoms with Gasteiger partial charge < -0.3 is 15.3 Å². The average molecular weight is 583 g/mol. The molecular formula is C32H31FN6O4. The molecule has 0 aromatic heterocycles.